The molecule has 0 amide bonds. The van der Waals surface area contributed by atoms with Crippen molar-refractivity contribution >= 4 is 15.7 Å². The molecule has 1 aromatic carbocycles. The van der Waals surface area contributed by atoms with Crippen molar-refractivity contribution in [1.82, 2.24) is 4.90 Å². The molecule has 1 fully saturated rings. The monoisotopic (exact) mass is 311 g/mol. The van der Waals surface area contributed by atoms with Crippen LogP contribution in [-0.2, 0) is 14.6 Å². The first kappa shape index (κ1) is 15.9. The fourth-order valence-electron chi connectivity index (χ4n) is 2.40. The van der Waals surface area contributed by atoms with E-state index in [2.05, 4.69) is 4.90 Å². The Morgan fingerprint density at radius 1 is 1.43 bits per heavy atom. The maximum absolute atomic E-state index is 12.3. The Morgan fingerprint density at radius 3 is 2.62 bits per heavy atom. The molecule has 0 spiro atoms. The van der Waals surface area contributed by atoms with Gasteiger partial charge in [-0.2, -0.15) is 0 Å². The summed E-state index contributed by atoms with van der Waals surface area (Å²) in [6.07, 6.45) is 1.16. The van der Waals surface area contributed by atoms with E-state index in [1.54, 1.807) is 19.2 Å². The van der Waals surface area contributed by atoms with Gasteiger partial charge in [-0.25, -0.2) is 8.42 Å². The Bertz CT molecular complexity index is 598. The van der Waals surface area contributed by atoms with E-state index in [0.717, 1.165) is 19.5 Å². The lowest BCUT2D eigenvalue weighted by atomic mass is 10.2. The number of benzene rings is 1. The van der Waals surface area contributed by atoms with Crippen LogP contribution in [0.5, 0.6) is 0 Å². The molecule has 0 bridgehead atoms. The third-order valence-electron chi connectivity index (χ3n) is 3.76. The molecule has 116 valence electrons. The molecule has 0 aromatic heterocycles. The minimum Gasteiger partial charge on any atom is -0.384 e. The number of nitrogens with zero attached hydrogens (tertiary/aromatic N) is 1. The smallest absolute Gasteiger partial charge is 0.179 e. The highest BCUT2D eigenvalue weighted by Gasteiger charge is 2.24. The van der Waals surface area contributed by atoms with Crippen molar-refractivity contribution in [3.8, 4) is 0 Å². The fourth-order valence-corrected chi connectivity index (χ4v) is 3.69. The van der Waals surface area contributed by atoms with Gasteiger partial charge in [0.05, 0.1) is 16.8 Å². The molecule has 3 N–H and O–H groups in total. The predicted molar refractivity (Wildman–Crippen MR) is 81.4 cm³/mol. The lowest BCUT2D eigenvalue weighted by Gasteiger charge is -2.15. The van der Waals surface area contributed by atoms with E-state index in [9.17, 15) is 8.42 Å². The molecule has 1 aliphatic heterocycles. The molecule has 2 rings (SSSR count). The Hall–Kier alpha value is -1.44. The molecule has 0 aliphatic carbocycles. The van der Waals surface area contributed by atoms with Gasteiger partial charge in [-0.1, -0.05) is 12.1 Å². The van der Waals surface area contributed by atoms with Crippen LogP contribution in [-0.4, -0.2) is 57.8 Å². The van der Waals surface area contributed by atoms with Crippen molar-refractivity contribution in [3.05, 3.63) is 29.8 Å². The molecule has 1 aromatic rings. The van der Waals surface area contributed by atoms with Crippen LogP contribution in [0.2, 0.25) is 0 Å². The standard InChI is InChI=1S/C14H21N3O3S/c1-20-12-6-7-17(10-12)8-9-21(18,19)13-4-2-11(3-5-13)14(15)16/h2-5,12H,6-10H2,1H3,(H3,15,16). The second-order valence-corrected chi connectivity index (χ2v) is 7.31. The summed E-state index contributed by atoms with van der Waals surface area (Å²) in [7, 11) is -1.63. The van der Waals surface area contributed by atoms with Crippen LogP contribution in [0.4, 0.5) is 0 Å². The summed E-state index contributed by atoms with van der Waals surface area (Å²) in [5, 5.41) is 7.30. The summed E-state index contributed by atoms with van der Waals surface area (Å²) in [5.41, 5.74) is 5.88. The van der Waals surface area contributed by atoms with E-state index in [4.69, 9.17) is 15.9 Å². The maximum Gasteiger partial charge on any atom is 0.179 e. The van der Waals surface area contributed by atoms with E-state index < -0.39 is 9.84 Å². The first-order valence-corrected chi connectivity index (χ1v) is 8.50. The van der Waals surface area contributed by atoms with Gasteiger partial charge in [-0.15, -0.1) is 0 Å². The third-order valence-corrected chi connectivity index (χ3v) is 5.47. The number of likely N-dealkylation sites (tertiary alicyclic amines) is 1. The van der Waals surface area contributed by atoms with Crippen LogP contribution in [0.25, 0.3) is 0 Å². The molecule has 1 heterocycles. The molecule has 0 saturated carbocycles. The highest BCUT2D eigenvalue weighted by Crippen LogP contribution is 2.15. The highest BCUT2D eigenvalue weighted by atomic mass is 32.2. The molecule has 21 heavy (non-hydrogen) atoms. The number of hydrogen-bond donors (Lipinski definition) is 2. The van der Waals surface area contributed by atoms with Crippen molar-refractivity contribution in [3.63, 3.8) is 0 Å². The van der Waals surface area contributed by atoms with Gasteiger partial charge in [0.1, 0.15) is 5.84 Å². The molecule has 6 nitrogen and oxygen atoms in total. The Kier molecular flexibility index (Phi) is 4.97. The molecular weight excluding hydrogens is 290 g/mol. The number of hydrogen-bond acceptors (Lipinski definition) is 5. The van der Waals surface area contributed by atoms with E-state index in [-0.39, 0.29) is 22.6 Å². The quantitative estimate of drug-likeness (QED) is 0.588. The van der Waals surface area contributed by atoms with Crippen molar-refractivity contribution in [1.29, 1.82) is 5.41 Å². The zero-order valence-corrected chi connectivity index (χ0v) is 12.9. The van der Waals surface area contributed by atoms with Gasteiger partial charge < -0.3 is 10.5 Å². The van der Waals surface area contributed by atoms with Crippen LogP contribution >= 0.6 is 0 Å². The minimum atomic E-state index is -3.31. The van der Waals surface area contributed by atoms with Crippen molar-refractivity contribution in [2.24, 2.45) is 5.73 Å². The summed E-state index contributed by atoms with van der Waals surface area (Å²) in [6, 6.07) is 6.14. The Morgan fingerprint density at radius 2 is 2.10 bits per heavy atom. The topological polar surface area (TPSA) is 96.5 Å². The number of nitrogens with two attached hydrogens (primary N) is 1. The lowest BCUT2D eigenvalue weighted by Crippen LogP contribution is -2.28. The number of sulfone groups is 1. The SMILES string of the molecule is COC1CCN(CCS(=O)(=O)c2ccc(C(=N)N)cc2)C1. The van der Waals surface area contributed by atoms with Gasteiger partial charge >= 0.3 is 0 Å². The van der Waals surface area contributed by atoms with Crippen molar-refractivity contribution < 1.29 is 13.2 Å². The Balaban J connectivity index is 1.97. The predicted octanol–water partition coefficient (Wildman–Crippen LogP) is 0.465. The number of rotatable bonds is 6. The lowest BCUT2D eigenvalue weighted by molar-refractivity contribution is 0.109. The average molecular weight is 311 g/mol. The van der Waals surface area contributed by atoms with Gasteiger partial charge in [-0.05, 0) is 18.6 Å². The molecule has 1 aliphatic rings. The second kappa shape index (κ2) is 6.55. The molecule has 1 unspecified atom stereocenters. The van der Waals surface area contributed by atoms with E-state index in [1.165, 1.54) is 12.1 Å². The van der Waals surface area contributed by atoms with Crippen LogP contribution in [0, 0.1) is 5.41 Å². The third kappa shape index (κ3) is 4.03. The minimum absolute atomic E-state index is 0.0679. The molecule has 7 heteroatoms. The fraction of sp³-hybridized carbons (Fsp3) is 0.500. The van der Waals surface area contributed by atoms with E-state index >= 15 is 0 Å². The highest BCUT2D eigenvalue weighted by molar-refractivity contribution is 7.91. The van der Waals surface area contributed by atoms with Crippen LogP contribution < -0.4 is 5.73 Å². The first-order chi connectivity index (χ1) is 9.92. The maximum atomic E-state index is 12.3. The summed E-state index contributed by atoms with van der Waals surface area (Å²) in [6.45, 7) is 2.17. The normalized spacial score (nSPS) is 19.8. The van der Waals surface area contributed by atoms with Gasteiger partial charge in [0, 0.05) is 32.3 Å². The zero-order valence-electron chi connectivity index (χ0n) is 12.1. The molecule has 1 saturated heterocycles. The van der Waals surface area contributed by atoms with E-state index in [0.29, 0.717) is 12.1 Å². The van der Waals surface area contributed by atoms with Gasteiger partial charge in [-0.3, -0.25) is 10.3 Å². The van der Waals surface area contributed by atoms with Crippen LogP contribution in [0.3, 0.4) is 0 Å². The largest absolute Gasteiger partial charge is 0.384 e. The number of nitrogen functional groups attached to an aromatic ring is 1. The summed E-state index contributed by atoms with van der Waals surface area (Å²) < 4.78 is 29.8. The number of amidine groups is 1. The van der Waals surface area contributed by atoms with Crippen molar-refractivity contribution in [2.75, 3.05) is 32.5 Å². The molecule has 0 radical (unpaired) electrons. The summed E-state index contributed by atoms with van der Waals surface area (Å²) >= 11 is 0. The second-order valence-electron chi connectivity index (χ2n) is 5.20. The van der Waals surface area contributed by atoms with Crippen LogP contribution in [0.15, 0.2) is 29.2 Å². The zero-order chi connectivity index (χ0) is 15.5. The van der Waals surface area contributed by atoms with Gasteiger partial charge in [0.25, 0.3) is 0 Å². The molecule has 1 atom stereocenters. The average Bonchev–Trinajstić information content (AvgIpc) is 2.93. The van der Waals surface area contributed by atoms with Crippen LogP contribution in [0.1, 0.15) is 12.0 Å². The first-order valence-electron chi connectivity index (χ1n) is 6.85. The van der Waals surface area contributed by atoms with Crippen molar-refractivity contribution in [2.45, 2.75) is 17.4 Å². The number of methoxy groups -OCH3 is 1. The number of ether oxygens (including phenoxy) is 1. The number of nitrogens with one attached hydrogen (secondary N) is 1. The van der Waals surface area contributed by atoms with Gasteiger partial charge in [0.15, 0.2) is 9.84 Å². The summed E-state index contributed by atoms with van der Waals surface area (Å²) in [5.74, 6) is 0.0182. The molecular formula is C14H21N3O3S. The summed E-state index contributed by atoms with van der Waals surface area (Å²) in [4.78, 5) is 2.38. The van der Waals surface area contributed by atoms with Gasteiger partial charge in [0.2, 0.25) is 0 Å². The van der Waals surface area contributed by atoms with E-state index in [1.807, 2.05) is 0 Å². The Labute approximate surface area is 125 Å².